The predicted molar refractivity (Wildman–Crippen MR) is 97.0 cm³/mol. The molecule has 128 valence electrons. The van der Waals surface area contributed by atoms with Gasteiger partial charge in [-0.05, 0) is 49.1 Å². The van der Waals surface area contributed by atoms with Crippen molar-refractivity contribution < 1.29 is 9.53 Å². The van der Waals surface area contributed by atoms with Gasteiger partial charge in [0.05, 0.1) is 0 Å². The van der Waals surface area contributed by atoms with Gasteiger partial charge >= 0.3 is 0 Å². The number of hydrogen-bond acceptors (Lipinski definition) is 3. The summed E-state index contributed by atoms with van der Waals surface area (Å²) in [5.74, 6) is 1.70. The molecule has 2 aromatic rings. The van der Waals surface area contributed by atoms with E-state index in [1.165, 1.54) is 5.56 Å². The second-order valence-electron chi connectivity index (χ2n) is 5.87. The van der Waals surface area contributed by atoms with Gasteiger partial charge in [-0.1, -0.05) is 44.2 Å². The first-order chi connectivity index (χ1) is 11.6. The van der Waals surface area contributed by atoms with Crippen LogP contribution < -0.4 is 15.6 Å². The lowest BCUT2D eigenvalue weighted by Gasteiger charge is -2.18. The van der Waals surface area contributed by atoms with Crippen LogP contribution in [0, 0.1) is 6.92 Å². The molecule has 0 saturated carbocycles. The molecule has 1 atom stereocenters. The van der Waals surface area contributed by atoms with Crippen LogP contribution in [0.1, 0.15) is 37.8 Å². The molecule has 0 aliphatic rings. The number of para-hydroxylation sites is 1. The van der Waals surface area contributed by atoms with E-state index in [4.69, 9.17) is 4.74 Å². The van der Waals surface area contributed by atoms with Crippen LogP contribution in [0.4, 0.5) is 0 Å². The maximum absolute atomic E-state index is 11.4. The summed E-state index contributed by atoms with van der Waals surface area (Å²) in [5, 5.41) is 0. The Morgan fingerprint density at radius 1 is 1.12 bits per heavy atom. The van der Waals surface area contributed by atoms with Crippen LogP contribution in [0.2, 0.25) is 0 Å². The first-order valence-corrected chi connectivity index (χ1v) is 8.49. The van der Waals surface area contributed by atoms with Gasteiger partial charge in [0, 0.05) is 12.5 Å². The molecule has 2 aromatic carbocycles. The third kappa shape index (κ3) is 5.39. The molecule has 0 radical (unpaired) electrons. The highest BCUT2D eigenvalue weighted by Gasteiger charge is 2.10. The van der Waals surface area contributed by atoms with Crippen LogP contribution >= 0.6 is 0 Å². The zero-order valence-electron chi connectivity index (χ0n) is 14.6. The zero-order valence-corrected chi connectivity index (χ0v) is 14.6. The summed E-state index contributed by atoms with van der Waals surface area (Å²) in [5.41, 5.74) is 8.14. The Hall–Kier alpha value is -2.33. The van der Waals surface area contributed by atoms with Gasteiger partial charge in [-0.3, -0.25) is 10.2 Å². The van der Waals surface area contributed by atoms with E-state index in [0.29, 0.717) is 6.42 Å². The van der Waals surface area contributed by atoms with E-state index in [0.717, 1.165) is 29.9 Å². The maximum atomic E-state index is 11.4. The molecule has 0 aliphatic heterocycles. The average molecular weight is 326 g/mol. The molecule has 0 aliphatic carbocycles. The minimum atomic E-state index is 0.00505. The highest BCUT2D eigenvalue weighted by atomic mass is 16.5. The second kappa shape index (κ2) is 9.08. The van der Waals surface area contributed by atoms with E-state index >= 15 is 0 Å². The topological polar surface area (TPSA) is 50.4 Å². The van der Waals surface area contributed by atoms with Crippen molar-refractivity contribution >= 4 is 5.91 Å². The smallest absolute Gasteiger partial charge is 0.233 e. The quantitative estimate of drug-likeness (QED) is 0.717. The van der Waals surface area contributed by atoms with Gasteiger partial charge in [0.1, 0.15) is 11.5 Å². The lowest BCUT2D eigenvalue weighted by Crippen LogP contribution is -2.44. The molecule has 4 heteroatoms. The van der Waals surface area contributed by atoms with Crippen molar-refractivity contribution in [2.75, 3.05) is 0 Å². The normalized spacial score (nSPS) is 11.8. The van der Waals surface area contributed by atoms with Crippen LogP contribution in [0.25, 0.3) is 0 Å². The molecule has 0 aromatic heterocycles. The highest BCUT2D eigenvalue weighted by molar-refractivity contribution is 5.74. The Bertz CT molecular complexity index is 656. The molecule has 1 unspecified atom stereocenters. The number of amides is 1. The number of aryl methyl sites for hydroxylation is 1. The van der Waals surface area contributed by atoms with Crippen molar-refractivity contribution in [2.24, 2.45) is 0 Å². The van der Waals surface area contributed by atoms with E-state index in [1.807, 2.05) is 44.2 Å². The molecule has 0 bridgehead atoms. The number of ether oxygens (including phenoxy) is 1. The minimum Gasteiger partial charge on any atom is -0.457 e. The van der Waals surface area contributed by atoms with Gasteiger partial charge in [-0.15, -0.1) is 0 Å². The van der Waals surface area contributed by atoms with Crippen molar-refractivity contribution in [1.82, 2.24) is 10.9 Å². The van der Waals surface area contributed by atoms with Crippen LogP contribution in [0.3, 0.4) is 0 Å². The Balaban J connectivity index is 2.05. The number of hydrazine groups is 1. The Kier molecular flexibility index (Phi) is 6.82. The van der Waals surface area contributed by atoms with Gasteiger partial charge in [-0.25, -0.2) is 5.43 Å². The third-order valence-electron chi connectivity index (χ3n) is 3.94. The fourth-order valence-corrected chi connectivity index (χ4v) is 2.35. The summed E-state index contributed by atoms with van der Waals surface area (Å²) in [6.07, 6.45) is 2.22. The van der Waals surface area contributed by atoms with Crippen molar-refractivity contribution in [3.8, 4) is 11.5 Å². The van der Waals surface area contributed by atoms with Crippen LogP contribution in [-0.4, -0.2) is 11.9 Å². The first kappa shape index (κ1) is 18.0. The Morgan fingerprint density at radius 3 is 2.54 bits per heavy atom. The number of nitrogens with one attached hydrogen (secondary N) is 2. The molecule has 2 rings (SSSR count). The highest BCUT2D eigenvalue weighted by Crippen LogP contribution is 2.26. The summed E-state index contributed by atoms with van der Waals surface area (Å²) < 4.78 is 5.99. The van der Waals surface area contributed by atoms with E-state index in [9.17, 15) is 4.79 Å². The summed E-state index contributed by atoms with van der Waals surface area (Å²) in [6.45, 7) is 5.98. The van der Waals surface area contributed by atoms with E-state index in [1.54, 1.807) is 0 Å². The standard InChI is InChI=1S/C20H26N2O2/c1-4-17(21-22-20(23)5-2)13-16-12-11-15(3)19(14-16)24-18-9-7-6-8-10-18/h6-12,14,17,21H,4-5,13H2,1-3H3,(H,22,23). The van der Waals surface area contributed by atoms with Gasteiger partial charge in [-0.2, -0.15) is 0 Å². The maximum Gasteiger partial charge on any atom is 0.233 e. The van der Waals surface area contributed by atoms with Gasteiger partial charge in [0.2, 0.25) is 5.91 Å². The fourth-order valence-electron chi connectivity index (χ4n) is 2.35. The van der Waals surface area contributed by atoms with Gasteiger partial charge < -0.3 is 4.74 Å². The summed E-state index contributed by atoms with van der Waals surface area (Å²) in [4.78, 5) is 11.4. The van der Waals surface area contributed by atoms with Crippen molar-refractivity contribution in [3.05, 3.63) is 59.7 Å². The number of carbonyl (C=O) groups is 1. The number of benzene rings is 2. The number of carbonyl (C=O) groups excluding carboxylic acids is 1. The zero-order chi connectivity index (χ0) is 17.4. The monoisotopic (exact) mass is 326 g/mol. The number of hydrogen-bond donors (Lipinski definition) is 2. The van der Waals surface area contributed by atoms with Crippen molar-refractivity contribution in [1.29, 1.82) is 0 Å². The lowest BCUT2D eigenvalue weighted by molar-refractivity contribution is -0.122. The number of rotatable bonds is 8. The summed E-state index contributed by atoms with van der Waals surface area (Å²) in [6, 6.07) is 16.2. The predicted octanol–water partition coefficient (Wildman–Crippen LogP) is 4.14. The molecule has 0 spiro atoms. The lowest BCUT2D eigenvalue weighted by atomic mass is 10.0. The van der Waals surface area contributed by atoms with Gasteiger partial charge in [0.15, 0.2) is 0 Å². The summed E-state index contributed by atoms with van der Waals surface area (Å²) >= 11 is 0. The third-order valence-corrected chi connectivity index (χ3v) is 3.94. The van der Waals surface area contributed by atoms with E-state index < -0.39 is 0 Å². The van der Waals surface area contributed by atoms with Crippen LogP contribution in [-0.2, 0) is 11.2 Å². The molecular weight excluding hydrogens is 300 g/mol. The largest absolute Gasteiger partial charge is 0.457 e. The Morgan fingerprint density at radius 2 is 1.88 bits per heavy atom. The van der Waals surface area contributed by atoms with Crippen LogP contribution in [0.5, 0.6) is 11.5 Å². The molecule has 1 amide bonds. The second-order valence-corrected chi connectivity index (χ2v) is 5.87. The molecule has 24 heavy (non-hydrogen) atoms. The van der Waals surface area contributed by atoms with Crippen molar-refractivity contribution in [3.63, 3.8) is 0 Å². The minimum absolute atomic E-state index is 0.00505. The van der Waals surface area contributed by atoms with Crippen molar-refractivity contribution in [2.45, 2.75) is 46.1 Å². The molecule has 0 fully saturated rings. The molecule has 2 N–H and O–H groups in total. The fraction of sp³-hybridized carbons (Fsp3) is 0.350. The average Bonchev–Trinajstić information content (AvgIpc) is 2.61. The SMILES string of the molecule is CCC(=O)NNC(CC)Cc1ccc(C)c(Oc2ccccc2)c1. The van der Waals surface area contributed by atoms with Crippen LogP contribution in [0.15, 0.2) is 48.5 Å². The van der Waals surface area contributed by atoms with E-state index in [-0.39, 0.29) is 11.9 Å². The molecule has 4 nitrogen and oxygen atoms in total. The molecule has 0 heterocycles. The summed E-state index contributed by atoms with van der Waals surface area (Å²) in [7, 11) is 0. The Labute approximate surface area is 144 Å². The van der Waals surface area contributed by atoms with E-state index in [2.05, 4.69) is 36.0 Å². The first-order valence-electron chi connectivity index (χ1n) is 8.49. The van der Waals surface area contributed by atoms with Gasteiger partial charge in [0.25, 0.3) is 0 Å². The molecular formula is C20H26N2O2. The molecule has 0 saturated heterocycles.